The second kappa shape index (κ2) is 6.69. The molecule has 0 saturated carbocycles. The van der Waals surface area contributed by atoms with E-state index in [1.807, 2.05) is 0 Å². The van der Waals surface area contributed by atoms with Gasteiger partial charge in [-0.05, 0) is 6.07 Å². The quantitative estimate of drug-likeness (QED) is 0.879. The number of ether oxygens (including phenoxy) is 1. The van der Waals surface area contributed by atoms with Crippen molar-refractivity contribution >= 4 is 23.2 Å². The fourth-order valence-corrected chi connectivity index (χ4v) is 1.80. The SMILES string of the molecule is Nc1ncnc(NCc2ccccc2OCC(F)(F)F)c1Cl. The summed E-state index contributed by atoms with van der Waals surface area (Å²) >= 11 is 5.93. The number of nitrogens with two attached hydrogens (primary N) is 1. The molecule has 1 aromatic carbocycles. The molecule has 0 unspecified atom stereocenters. The van der Waals surface area contributed by atoms with Crippen LogP contribution in [0.3, 0.4) is 0 Å². The summed E-state index contributed by atoms with van der Waals surface area (Å²) in [6, 6.07) is 6.37. The Morgan fingerprint density at radius 2 is 1.95 bits per heavy atom. The van der Waals surface area contributed by atoms with Gasteiger partial charge in [0.1, 0.15) is 22.9 Å². The monoisotopic (exact) mass is 332 g/mol. The van der Waals surface area contributed by atoms with Gasteiger partial charge in [0, 0.05) is 12.1 Å². The third-order valence-electron chi connectivity index (χ3n) is 2.63. The molecule has 5 nitrogen and oxygen atoms in total. The van der Waals surface area contributed by atoms with Crippen LogP contribution in [-0.2, 0) is 6.54 Å². The maximum Gasteiger partial charge on any atom is 0.422 e. The number of hydrogen-bond donors (Lipinski definition) is 2. The van der Waals surface area contributed by atoms with Crippen molar-refractivity contribution < 1.29 is 17.9 Å². The lowest BCUT2D eigenvalue weighted by Crippen LogP contribution is -2.20. The maximum absolute atomic E-state index is 12.2. The van der Waals surface area contributed by atoms with Crippen molar-refractivity contribution in [1.29, 1.82) is 0 Å². The molecular formula is C13H12ClF3N4O. The van der Waals surface area contributed by atoms with Gasteiger partial charge in [-0.1, -0.05) is 29.8 Å². The number of nitrogens with zero attached hydrogens (tertiary/aromatic N) is 2. The van der Waals surface area contributed by atoms with Crippen LogP contribution in [0.25, 0.3) is 0 Å². The van der Waals surface area contributed by atoms with Gasteiger partial charge in [0.15, 0.2) is 12.4 Å². The molecule has 9 heteroatoms. The van der Waals surface area contributed by atoms with Crippen LogP contribution in [0.1, 0.15) is 5.56 Å². The molecule has 0 aliphatic heterocycles. The Morgan fingerprint density at radius 3 is 2.68 bits per heavy atom. The Kier molecular flexibility index (Phi) is 4.92. The van der Waals surface area contributed by atoms with E-state index in [1.165, 1.54) is 12.4 Å². The van der Waals surface area contributed by atoms with Crippen molar-refractivity contribution in [3.05, 3.63) is 41.2 Å². The highest BCUT2D eigenvalue weighted by atomic mass is 35.5. The van der Waals surface area contributed by atoms with Gasteiger partial charge < -0.3 is 15.8 Å². The van der Waals surface area contributed by atoms with Crippen molar-refractivity contribution in [2.45, 2.75) is 12.7 Å². The third kappa shape index (κ3) is 4.39. The van der Waals surface area contributed by atoms with Crippen LogP contribution < -0.4 is 15.8 Å². The highest BCUT2D eigenvalue weighted by Crippen LogP contribution is 2.26. The van der Waals surface area contributed by atoms with Crippen LogP contribution >= 0.6 is 11.6 Å². The molecule has 0 spiro atoms. The van der Waals surface area contributed by atoms with Gasteiger partial charge in [0.2, 0.25) is 0 Å². The molecule has 3 N–H and O–H groups in total. The van der Waals surface area contributed by atoms with Gasteiger partial charge in [-0.25, -0.2) is 9.97 Å². The largest absolute Gasteiger partial charge is 0.484 e. The summed E-state index contributed by atoms with van der Waals surface area (Å²) in [6.07, 6.45) is -3.17. The van der Waals surface area contributed by atoms with E-state index in [1.54, 1.807) is 18.2 Å². The number of rotatable bonds is 5. The molecule has 0 fully saturated rings. The Hall–Kier alpha value is -2.22. The molecule has 22 heavy (non-hydrogen) atoms. The first-order valence-electron chi connectivity index (χ1n) is 6.14. The first-order chi connectivity index (χ1) is 10.4. The number of nitrogen functional groups attached to an aromatic ring is 1. The highest BCUT2D eigenvalue weighted by Gasteiger charge is 2.28. The van der Waals surface area contributed by atoms with Gasteiger partial charge in [-0.3, -0.25) is 0 Å². The molecule has 0 bridgehead atoms. The lowest BCUT2D eigenvalue weighted by molar-refractivity contribution is -0.153. The fraction of sp³-hybridized carbons (Fsp3) is 0.231. The fourth-order valence-electron chi connectivity index (χ4n) is 1.64. The van der Waals surface area contributed by atoms with Crippen LogP contribution in [0.5, 0.6) is 5.75 Å². The second-order valence-corrected chi connectivity index (χ2v) is 4.66. The van der Waals surface area contributed by atoms with E-state index in [-0.39, 0.29) is 23.1 Å². The number of para-hydroxylation sites is 1. The summed E-state index contributed by atoms with van der Waals surface area (Å²) in [7, 11) is 0. The summed E-state index contributed by atoms with van der Waals surface area (Å²) in [5.74, 6) is 0.533. The lowest BCUT2D eigenvalue weighted by atomic mass is 10.2. The number of alkyl halides is 3. The molecule has 0 amide bonds. The summed E-state index contributed by atoms with van der Waals surface area (Å²) in [5.41, 5.74) is 6.07. The van der Waals surface area contributed by atoms with Crippen LogP contribution in [0, 0.1) is 0 Å². The molecule has 0 aliphatic carbocycles. The normalized spacial score (nSPS) is 11.3. The van der Waals surface area contributed by atoms with Crippen molar-refractivity contribution in [2.75, 3.05) is 17.7 Å². The topological polar surface area (TPSA) is 73.1 Å². The van der Waals surface area contributed by atoms with E-state index in [4.69, 9.17) is 22.1 Å². The number of benzene rings is 1. The third-order valence-corrected chi connectivity index (χ3v) is 3.00. The zero-order valence-electron chi connectivity index (χ0n) is 11.2. The number of halogens is 4. The smallest absolute Gasteiger partial charge is 0.422 e. The van der Waals surface area contributed by atoms with Crippen LogP contribution in [-0.4, -0.2) is 22.8 Å². The Balaban J connectivity index is 2.08. The molecule has 0 radical (unpaired) electrons. The van der Waals surface area contributed by atoms with Crippen LogP contribution in [0.2, 0.25) is 5.02 Å². The molecule has 1 heterocycles. The molecule has 1 aromatic heterocycles. The van der Waals surface area contributed by atoms with Gasteiger partial charge in [-0.2, -0.15) is 13.2 Å². The molecule has 2 aromatic rings. The Labute approximate surface area is 129 Å². The number of nitrogens with one attached hydrogen (secondary N) is 1. The summed E-state index contributed by atoms with van der Waals surface area (Å²) in [6.45, 7) is -1.19. The van der Waals surface area contributed by atoms with Gasteiger partial charge >= 0.3 is 6.18 Å². The first-order valence-corrected chi connectivity index (χ1v) is 6.52. The molecule has 0 saturated heterocycles. The maximum atomic E-state index is 12.2. The van der Waals surface area contributed by atoms with Gasteiger partial charge in [0.25, 0.3) is 0 Å². The van der Waals surface area contributed by atoms with Crippen molar-refractivity contribution in [3.63, 3.8) is 0 Å². The van der Waals surface area contributed by atoms with E-state index in [9.17, 15) is 13.2 Å². The second-order valence-electron chi connectivity index (χ2n) is 4.29. The van der Waals surface area contributed by atoms with Gasteiger partial charge in [-0.15, -0.1) is 0 Å². The van der Waals surface area contributed by atoms with Crippen molar-refractivity contribution in [3.8, 4) is 5.75 Å². The number of anilines is 2. The van der Waals surface area contributed by atoms with Crippen molar-refractivity contribution in [2.24, 2.45) is 0 Å². The van der Waals surface area contributed by atoms with E-state index in [0.717, 1.165) is 0 Å². The predicted molar refractivity (Wildman–Crippen MR) is 76.8 cm³/mol. The Bertz CT molecular complexity index is 651. The molecule has 118 valence electrons. The van der Waals surface area contributed by atoms with Crippen LogP contribution in [0.4, 0.5) is 24.8 Å². The summed E-state index contributed by atoms with van der Waals surface area (Å²) in [4.78, 5) is 7.63. The summed E-state index contributed by atoms with van der Waals surface area (Å²) < 4.78 is 41.5. The van der Waals surface area contributed by atoms with E-state index in [2.05, 4.69) is 15.3 Å². The minimum Gasteiger partial charge on any atom is -0.484 e. The van der Waals surface area contributed by atoms with E-state index >= 15 is 0 Å². The molecule has 0 atom stereocenters. The molecule has 2 rings (SSSR count). The minimum atomic E-state index is -4.40. The van der Waals surface area contributed by atoms with Crippen molar-refractivity contribution in [1.82, 2.24) is 9.97 Å². The zero-order chi connectivity index (χ0) is 16.2. The predicted octanol–water partition coefficient (Wildman–Crippen LogP) is 3.27. The standard InChI is InChI=1S/C13H12ClF3N4O/c14-10-11(18)20-7-21-12(10)19-5-8-3-1-2-4-9(8)22-6-13(15,16)17/h1-4,7H,5-6H2,(H3,18,19,20,21). The zero-order valence-corrected chi connectivity index (χ0v) is 11.9. The van der Waals surface area contributed by atoms with E-state index in [0.29, 0.717) is 11.4 Å². The highest BCUT2D eigenvalue weighted by molar-refractivity contribution is 6.35. The number of hydrogen-bond acceptors (Lipinski definition) is 5. The molecule has 0 aliphatic rings. The lowest BCUT2D eigenvalue weighted by Gasteiger charge is -2.14. The van der Waals surface area contributed by atoms with E-state index < -0.39 is 12.8 Å². The Morgan fingerprint density at radius 1 is 1.23 bits per heavy atom. The summed E-state index contributed by atoms with van der Waals surface area (Å²) in [5, 5.41) is 3.03. The van der Waals surface area contributed by atoms with Crippen LogP contribution in [0.15, 0.2) is 30.6 Å². The molecular weight excluding hydrogens is 321 g/mol. The average molecular weight is 333 g/mol. The van der Waals surface area contributed by atoms with Gasteiger partial charge in [0.05, 0.1) is 0 Å². The minimum absolute atomic E-state index is 0.112. The number of aromatic nitrogens is 2. The average Bonchev–Trinajstić information content (AvgIpc) is 2.47. The first kappa shape index (κ1) is 16.2.